The summed E-state index contributed by atoms with van der Waals surface area (Å²) >= 11 is 4.01. The molecule has 0 spiro atoms. The van der Waals surface area contributed by atoms with Crippen LogP contribution in [0.4, 0.5) is 0 Å². The smallest absolute Gasteiger partial charge is 0.323 e. The van der Waals surface area contributed by atoms with Gasteiger partial charge in [0.25, 0.3) is 0 Å². The van der Waals surface area contributed by atoms with E-state index in [1.54, 1.807) is 0 Å². The third-order valence-corrected chi connectivity index (χ3v) is 2.12. The van der Waals surface area contributed by atoms with Gasteiger partial charge in [-0.3, -0.25) is 4.79 Å². The van der Waals surface area contributed by atoms with Gasteiger partial charge in [-0.1, -0.05) is 13.8 Å². The average molecular weight is 219 g/mol. The molecule has 2 N–H and O–H groups in total. The van der Waals surface area contributed by atoms with Crippen molar-refractivity contribution in [3.8, 4) is 0 Å². The Morgan fingerprint density at radius 2 is 2.00 bits per heavy atom. The normalized spacial score (nSPS) is 15.3. The minimum atomic E-state index is -0.526. The first-order valence-electron chi connectivity index (χ1n) is 5.04. The molecule has 0 aliphatic heterocycles. The summed E-state index contributed by atoms with van der Waals surface area (Å²) in [6, 6.07) is -0.526. The summed E-state index contributed by atoms with van der Waals surface area (Å²) in [5.41, 5.74) is 5.58. The number of carbonyl (C=O) groups excluding carboxylic acids is 1. The summed E-state index contributed by atoms with van der Waals surface area (Å²) in [7, 11) is 0. The van der Waals surface area contributed by atoms with Crippen LogP contribution in [0.25, 0.3) is 0 Å². The fourth-order valence-corrected chi connectivity index (χ4v) is 1.53. The van der Waals surface area contributed by atoms with Crippen molar-refractivity contribution >= 4 is 18.6 Å². The minimum Gasteiger partial charge on any atom is -0.462 e. The van der Waals surface area contributed by atoms with E-state index < -0.39 is 6.04 Å². The molecule has 14 heavy (non-hydrogen) atoms. The van der Waals surface area contributed by atoms with Crippen LogP contribution in [0.1, 0.15) is 33.6 Å². The van der Waals surface area contributed by atoms with Crippen molar-refractivity contribution < 1.29 is 9.53 Å². The van der Waals surface area contributed by atoms with Crippen LogP contribution in [0.3, 0.4) is 0 Å². The lowest BCUT2D eigenvalue weighted by molar-refractivity contribution is -0.150. The molecule has 84 valence electrons. The van der Waals surface area contributed by atoms with Crippen LogP contribution >= 0.6 is 12.6 Å². The first kappa shape index (κ1) is 13.8. The number of esters is 1. The van der Waals surface area contributed by atoms with Gasteiger partial charge in [0.15, 0.2) is 0 Å². The van der Waals surface area contributed by atoms with Crippen LogP contribution < -0.4 is 5.73 Å². The molecule has 0 fully saturated rings. The SMILES string of the molecule is CC(C)CC(C)OC(=O)C(N)CCS. The van der Waals surface area contributed by atoms with E-state index in [2.05, 4.69) is 26.5 Å². The molecular weight excluding hydrogens is 198 g/mol. The molecule has 0 aromatic carbocycles. The van der Waals surface area contributed by atoms with Crippen LogP contribution in [0, 0.1) is 5.92 Å². The topological polar surface area (TPSA) is 52.3 Å². The van der Waals surface area contributed by atoms with Crippen LogP contribution in [0.5, 0.6) is 0 Å². The van der Waals surface area contributed by atoms with Crippen molar-refractivity contribution in [2.24, 2.45) is 11.7 Å². The standard InChI is InChI=1S/C10H21NO2S/c1-7(2)6-8(3)13-10(12)9(11)4-5-14/h7-9,14H,4-6,11H2,1-3H3. The second-order valence-electron chi connectivity index (χ2n) is 4.00. The molecular formula is C10H21NO2S. The van der Waals surface area contributed by atoms with Gasteiger partial charge in [0.2, 0.25) is 0 Å². The Labute approximate surface area is 91.8 Å². The molecule has 0 bridgehead atoms. The summed E-state index contributed by atoms with van der Waals surface area (Å²) in [6.45, 7) is 6.08. The molecule has 0 aliphatic rings. The summed E-state index contributed by atoms with van der Waals surface area (Å²) in [5.74, 6) is 0.820. The highest BCUT2D eigenvalue weighted by molar-refractivity contribution is 7.80. The van der Waals surface area contributed by atoms with Crippen molar-refractivity contribution in [3.63, 3.8) is 0 Å². The lowest BCUT2D eigenvalue weighted by Crippen LogP contribution is -2.35. The van der Waals surface area contributed by atoms with E-state index in [9.17, 15) is 4.79 Å². The fraction of sp³-hybridized carbons (Fsp3) is 0.900. The third-order valence-electron chi connectivity index (χ3n) is 1.86. The predicted octanol–water partition coefficient (Wildman–Crippen LogP) is 1.61. The molecule has 4 heteroatoms. The summed E-state index contributed by atoms with van der Waals surface area (Å²) < 4.78 is 5.18. The van der Waals surface area contributed by atoms with Crippen LogP contribution in [-0.4, -0.2) is 23.9 Å². The number of ether oxygens (including phenoxy) is 1. The van der Waals surface area contributed by atoms with E-state index in [0.717, 1.165) is 6.42 Å². The number of hydrogen-bond acceptors (Lipinski definition) is 4. The molecule has 0 radical (unpaired) electrons. The van der Waals surface area contributed by atoms with E-state index in [4.69, 9.17) is 10.5 Å². The van der Waals surface area contributed by atoms with Crippen molar-refractivity contribution in [1.82, 2.24) is 0 Å². The lowest BCUT2D eigenvalue weighted by atomic mass is 10.1. The third kappa shape index (κ3) is 6.27. The molecule has 0 rings (SSSR count). The molecule has 2 unspecified atom stereocenters. The highest BCUT2D eigenvalue weighted by atomic mass is 32.1. The molecule has 3 nitrogen and oxygen atoms in total. The van der Waals surface area contributed by atoms with E-state index in [0.29, 0.717) is 18.1 Å². The number of hydrogen-bond donors (Lipinski definition) is 2. The van der Waals surface area contributed by atoms with Gasteiger partial charge in [-0.2, -0.15) is 12.6 Å². The first-order valence-corrected chi connectivity index (χ1v) is 5.67. The van der Waals surface area contributed by atoms with Crippen molar-refractivity contribution in [3.05, 3.63) is 0 Å². The van der Waals surface area contributed by atoms with Gasteiger partial charge in [0, 0.05) is 0 Å². The Balaban J connectivity index is 3.80. The zero-order valence-electron chi connectivity index (χ0n) is 9.19. The van der Waals surface area contributed by atoms with E-state index in [-0.39, 0.29) is 12.1 Å². The van der Waals surface area contributed by atoms with Crippen molar-refractivity contribution in [2.45, 2.75) is 45.8 Å². The Morgan fingerprint density at radius 1 is 1.43 bits per heavy atom. The van der Waals surface area contributed by atoms with Crippen LogP contribution in [0.15, 0.2) is 0 Å². The molecule has 0 aromatic heterocycles. The Hall–Kier alpha value is -0.220. The highest BCUT2D eigenvalue weighted by Crippen LogP contribution is 2.08. The number of carbonyl (C=O) groups is 1. The fourth-order valence-electron chi connectivity index (χ4n) is 1.25. The molecule has 0 heterocycles. The Bertz CT molecular complexity index is 174. The second kappa shape index (κ2) is 7.12. The second-order valence-corrected chi connectivity index (χ2v) is 4.44. The lowest BCUT2D eigenvalue weighted by Gasteiger charge is -2.17. The Kier molecular flexibility index (Phi) is 7.01. The van der Waals surface area contributed by atoms with E-state index >= 15 is 0 Å². The van der Waals surface area contributed by atoms with Gasteiger partial charge in [0.1, 0.15) is 6.04 Å². The molecule has 0 aliphatic carbocycles. The quantitative estimate of drug-likeness (QED) is 0.527. The maximum atomic E-state index is 11.3. The molecule has 0 saturated carbocycles. The first-order chi connectivity index (χ1) is 6.47. The maximum absolute atomic E-state index is 11.3. The zero-order valence-corrected chi connectivity index (χ0v) is 10.1. The van der Waals surface area contributed by atoms with E-state index in [1.807, 2.05) is 6.92 Å². The summed E-state index contributed by atoms with van der Waals surface area (Å²) in [6.07, 6.45) is 1.39. The van der Waals surface area contributed by atoms with Gasteiger partial charge in [-0.05, 0) is 31.4 Å². The molecule has 0 saturated heterocycles. The average Bonchev–Trinajstić information content (AvgIpc) is 2.02. The molecule has 0 amide bonds. The monoisotopic (exact) mass is 219 g/mol. The predicted molar refractivity (Wildman–Crippen MR) is 61.5 cm³/mol. The Morgan fingerprint density at radius 3 is 2.43 bits per heavy atom. The largest absolute Gasteiger partial charge is 0.462 e. The van der Waals surface area contributed by atoms with Gasteiger partial charge >= 0.3 is 5.97 Å². The van der Waals surface area contributed by atoms with Gasteiger partial charge in [0.05, 0.1) is 6.10 Å². The highest BCUT2D eigenvalue weighted by Gasteiger charge is 2.17. The summed E-state index contributed by atoms with van der Waals surface area (Å²) in [4.78, 5) is 11.3. The van der Waals surface area contributed by atoms with Crippen molar-refractivity contribution in [2.75, 3.05) is 5.75 Å². The summed E-state index contributed by atoms with van der Waals surface area (Å²) in [5, 5.41) is 0. The van der Waals surface area contributed by atoms with Gasteiger partial charge < -0.3 is 10.5 Å². The number of thiol groups is 1. The van der Waals surface area contributed by atoms with Gasteiger partial charge in [-0.15, -0.1) is 0 Å². The maximum Gasteiger partial charge on any atom is 0.323 e. The number of nitrogens with two attached hydrogens (primary N) is 1. The van der Waals surface area contributed by atoms with Crippen molar-refractivity contribution in [1.29, 1.82) is 0 Å². The zero-order chi connectivity index (χ0) is 11.1. The van der Waals surface area contributed by atoms with Gasteiger partial charge in [-0.25, -0.2) is 0 Å². The van der Waals surface area contributed by atoms with E-state index in [1.165, 1.54) is 0 Å². The molecule has 0 aromatic rings. The molecule has 2 atom stereocenters. The number of rotatable bonds is 6. The minimum absolute atomic E-state index is 0.0477. The van der Waals surface area contributed by atoms with Crippen LogP contribution in [-0.2, 0) is 9.53 Å². The van der Waals surface area contributed by atoms with Crippen LogP contribution in [0.2, 0.25) is 0 Å².